The van der Waals surface area contributed by atoms with Crippen LogP contribution in [0.1, 0.15) is 42.0 Å². The molecule has 0 bridgehead atoms. The van der Waals surface area contributed by atoms with Gasteiger partial charge in [0.15, 0.2) is 5.75 Å². The smallest absolute Gasteiger partial charge is 0.257 e. The van der Waals surface area contributed by atoms with Crippen LogP contribution in [0.3, 0.4) is 0 Å². The van der Waals surface area contributed by atoms with Crippen LogP contribution in [0, 0.1) is 19.8 Å². The Labute approximate surface area is 155 Å². The van der Waals surface area contributed by atoms with E-state index in [0.717, 1.165) is 42.3 Å². The summed E-state index contributed by atoms with van der Waals surface area (Å²) in [5.74, 6) is 2.09. The molecule has 5 nitrogen and oxygen atoms in total. The maximum atomic E-state index is 5.64. The van der Waals surface area contributed by atoms with Crippen molar-refractivity contribution >= 4 is 0 Å². The molecule has 0 aromatic carbocycles. The van der Waals surface area contributed by atoms with E-state index < -0.39 is 0 Å². The minimum absolute atomic E-state index is 0.289. The van der Waals surface area contributed by atoms with Crippen molar-refractivity contribution < 1.29 is 9.47 Å². The summed E-state index contributed by atoms with van der Waals surface area (Å²) in [6.45, 7) is 9.80. The van der Waals surface area contributed by atoms with E-state index in [2.05, 4.69) is 48.9 Å². The van der Waals surface area contributed by atoms with Crippen molar-refractivity contribution in [1.29, 1.82) is 0 Å². The van der Waals surface area contributed by atoms with E-state index in [1.165, 1.54) is 12.0 Å². The topological polar surface area (TPSA) is 47.5 Å². The number of rotatable bonds is 4. The van der Waals surface area contributed by atoms with Crippen LogP contribution >= 0.6 is 0 Å². The van der Waals surface area contributed by atoms with Gasteiger partial charge in [-0.05, 0) is 75.9 Å². The fourth-order valence-electron chi connectivity index (χ4n) is 4.12. The normalized spacial score (nSPS) is 21.0. The summed E-state index contributed by atoms with van der Waals surface area (Å²) >= 11 is 0. The van der Waals surface area contributed by atoms with Crippen LogP contribution < -0.4 is 9.47 Å². The number of nitrogens with zero attached hydrogens (tertiary/aromatic N) is 3. The molecule has 4 rings (SSSR count). The fourth-order valence-corrected chi connectivity index (χ4v) is 4.12. The van der Waals surface area contributed by atoms with Crippen molar-refractivity contribution in [3.63, 3.8) is 0 Å². The molecule has 138 valence electrons. The maximum Gasteiger partial charge on any atom is 0.257 e. The van der Waals surface area contributed by atoms with E-state index in [1.807, 2.05) is 6.07 Å². The molecular formula is C21H27N3O2. The predicted molar refractivity (Wildman–Crippen MR) is 101 cm³/mol. The molecule has 26 heavy (non-hydrogen) atoms. The minimum Gasteiger partial charge on any atom is -0.484 e. The molecule has 2 unspecified atom stereocenters. The lowest BCUT2D eigenvalue weighted by atomic mass is 9.98. The number of pyridine rings is 2. The fraction of sp³-hybridized carbons (Fsp3) is 0.524. The number of aryl methyl sites for hydroxylation is 2. The number of aromatic nitrogens is 2. The number of likely N-dealkylation sites (tertiary alicyclic amines) is 1. The van der Waals surface area contributed by atoms with Gasteiger partial charge in [0.2, 0.25) is 0 Å². The van der Waals surface area contributed by atoms with Crippen LogP contribution in [0.4, 0.5) is 0 Å². The SMILES string of the molecule is Cc1cc(CC2CCN(C(C)c3ccc4c(n3)OCCO4)C2)cc(C)n1. The molecule has 5 heteroatoms. The first kappa shape index (κ1) is 17.3. The Kier molecular flexibility index (Phi) is 4.81. The molecule has 0 radical (unpaired) electrons. The molecule has 2 aliphatic rings. The molecule has 0 amide bonds. The minimum atomic E-state index is 0.289. The lowest BCUT2D eigenvalue weighted by Gasteiger charge is -2.25. The highest BCUT2D eigenvalue weighted by Crippen LogP contribution is 2.33. The summed E-state index contributed by atoms with van der Waals surface area (Å²) in [7, 11) is 0. The lowest BCUT2D eigenvalue weighted by molar-refractivity contribution is 0.162. The molecule has 2 aromatic heterocycles. The molecule has 0 saturated carbocycles. The molecule has 2 aliphatic heterocycles. The zero-order chi connectivity index (χ0) is 18.1. The Morgan fingerprint density at radius 1 is 1.12 bits per heavy atom. The van der Waals surface area contributed by atoms with Crippen LogP contribution in [0.2, 0.25) is 0 Å². The highest BCUT2D eigenvalue weighted by molar-refractivity contribution is 5.36. The largest absolute Gasteiger partial charge is 0.484 e. The van der Waals surface area contributed by atoms with Crippen molar-refractivity contribution in [2.45, 2.75) is 39.7 Å². The van der Waals surface area contributed by atoms with Crippen LogP contribution in [0.15, 0.2) is 24.3 Å². The first-order valence-electron chi connectivity index (χ1n) is 9.53. The molecule has 4 heterocycles. The second-order valence-electron chi connectivity index (χ2n) is 7.52. The van der Waals surface area contributed by atoms with Crippen molar-refractivity contribution in [3.05, 3.63) is 46.9 Å². The molecule has 1 fully saturated rings. The van der Waals surface area contributed by atoms with E-state index in [-0.39, 0.29) is 6.04 Å². The third-order valence-corrected chi connectivity index (χ3v) is 5.39. The van der Waals surface area contributed by atoms with Crippen molar-refractivity contribution in [2.24, 2.45) is 5.92 Å². The molecule has 0 spiro atoms. The monoisotopic (exact) mass is 353 g/mol. The number of ether oxygens (including phenoxy) is 2. The standard InChI is InChI=1S/C21H27N3O2/c1-14-10-18(11-15(2)22-14)12-17-6-7-24(13-17)16(3)19-4-5-20-21(23-19)26-9-8-25-20/h4-5,10-11,16-17H,6-9,12-13H2,1-3H3. The average molecular weight is 353 g/mol. The second-order valence-corrected chi connectivity index (χ2v) is 7.52. The summed E-state index contributed by atoms with van der Waals surface area (Å²) in [6.07, 6.45) is 2.36. The van der Waals surface area contributed by atoms with Gasteiger partial charge in [0.25, 0.3) is 5.88 Å². The van der Waals surface area contributed by atoms with Gasteiger partial charge in [-0.2, -0.15) is 0 Å². The Morgan fingerprint density at radius 2 is 1.88 bits per heavy atom. The number of hydrogen-bond acceptors (Lipinski definition) is 5. The molecule has 2 aromatic rings. The van der Waals surface area contributed by atoms with Crippen molar-refractivity contribution in [1.82, 2.24) is 14.9 Å². The van der Waals surface area contributed by atoms with Gasteiger partial charge < -0.3 is 9.47 Å². The van der Waals surface area contributed by atoms with Gasteiger partial charge in [0.05, 0.1) is 5.69 Å². The van der Waals surface area contributed by atoms with E-state index in [0.29, 0.717) is 25.0 Å². The first-order valence-corrected chi connectivity index (χ1v) is 9.53. The molecule has 1 saturated heterocycles. The van der Waals surface area contributed by atoms with Crippen LogP contribution in [0.25, 0.3) is 0 Å². The lowest BCUT2D eigenvalue weighted by Crippen LogP contribution is -2.26. The molecule has 2 atom stereocenters. The van der Waals surface area contributed by atoms with E-state index in [4.69, 9.17) is 14.5 Å². The Balaban J connectivity index is 1.41. The molecule has 0 aliphatic carbocycles. The summed E-state index contributed by atoms with van der Waals surface area (Å²) in [6, 6.07) is 8.80. The second kappa shape index (κ2) is 7.23. The van der Waals surface area contributed by atoms with E-state index >= 15 is 0 Å². The number of fused-ring (bicyclic) bond motifs is 1. The Bertz CT molecular complexity index is 773. The first-order chi connectivity index (χ1) is 12.6. The maximum absolute atomic E-state index is 5.64. The van der Waals surface area contributed by atoms with Crippen LogP contribution in [-0.2, 0) is 6.42 Å². The average Bonchev–Trinajstić information content (AvgIpc) is 3.08. The van der Waals surface area contributed by atoms with Gasteiger partial charge in [0, 0.05) is 24.0 Å². The van der Waals surface area contributed by atoms with E-state index in [9.17, 15) is 0 Å². The van der Waals surface area contributed by atoms with Crippen molar-refractivity contribution in [3.8, 4) is 11.6 Å². The molecule has 0 N–H and O–H groups in total. The highest BCUT2D eigenvalue weighted by atomic mass is 16.6. The van der Waals surface area contributed by atoms with Gasteiger partial charge in [-0.15, -0.1) is 0 Å². The van der Waals surface area contributed by atoms with Gasteiger partial charge in [0.1, 0.15) is 13.2 Å². The third-order valence-electron chi connectivity index (χ3n) is 5.39. The zero-order valence-corrected chi connectivity index (χ0v) is 15.9. The van der Waals surface area contributed by atoms with Crippen LogP contribution in [0.5, 0.6) is 11.6 Å². The summed E-state index contributed by atoms with van der Waals surface area (Å²) < 4.78 is 11.2. The van der Waals surface area contributed by atoms with Gasteiger partial charge in [-0.3, -0.25) is 9.88 Å². The van der Waals surface area contributed by atoms with E-state index in [1.54, 1.807) is 0 Å². The van der Waals surface area contributed by atoms with Gasteiger partial charge in [-0.1, -0.05) is 0 Å². The summed E-state index contributed by atoms with van der Waals surface area (Å²) in [5.41, 5.74) is 4.70. The Morgan fingerprint density at radius 3 is 2.69 bits per heavy atom. The highest BCUT2D eigenvalue weighted by Gasteiger charge is 2.28. The number of hydrogen-bond donors (Lipinski definition) is 0. The Hall–Kier alpha value is -2.14. The predicted octanol–water partition coefficient (Wildman–Crippen LogP) is 3.49. The zero-order valence-electron chi connectivity index (χ0n) is 15.9. The quantitative estimate of drug-likeness (QED) is 0.842. The van der Waals surface area contributed by atoms with Crippen LogP contribution in [-0.4, -0.2) is 41.2 Å². The summed E-state index contributed by atoms with van der Waals surface area (Å²) in [4.78, 5) is 11.7. The van der Waals surface area contributed by atoms with Gasteiger partial charge in [-0.25, -0.2) is 4.98 Å². The third kappa shape index (κ3) is 3.68. The van der Waals surface area contributed by atoms with Crippen molar-refractivity contribution in [2.75, 3.05) is 26.3 Å². The van der Waals surface area contributed by atoms with Gasteiger partial charge >= 0.3 is 0 Å². The molecular weight excluding hydrogens is 326 g/mol. The summed E-state index contributed by atoms with van der Waals surface area (Å²) in [5, 5.41) is 0.